The highest BCUT2D eigenvalue weighted by atomic mass is 35.5. The van der Waals surface area contributed by atoms with Crippen molar-refractivity contribution in [1.29, 1.82) is 0 Å². The molecule has 0 spiro atoms. The van der Waals surface area contributed by atoms with Gasteiger partial charge in [-0.1, -0.05) is 29.3 Å². The van der Waals surface area contributed by atoms with E-state index in [4.69, 9.17) is 27.9 Å². The monoisotopic (exact) mass is 585 g/mol. The van der Waals surface area contributed by atoms with Crippen LogP contribution in [0.5, 0.6) is 0 Å². The summed E-state index contributed by atoms with van der Waals surface area (Å²) in [5, 5.41) is 6.93. The highest BCUT2D eigenvalue weighted by Crippen LogP contribution is 2.32. The minimum atomic E-state index is -0.596. The lowest BCUT2D eigenvalue weighted by Gasteiger charge is -2.42. The summed E-state index contributed by atoms with van der Waals surface area (Å²) < 4.78 is 7.56. The maximum atomic E-state index is 13.6. The van der Waals surface area contributed by atoms with E-state index in [9.17, 15) is 9.59 Å². The van der Waals surface area contributed by atoms with Crippen LogP contribution in [0, 0.1) is 0 Å². The Morgan fingerprint density at radius 1 is 1.05 bits per heavy atom. The zero-order valence-corrected chi connectivity index (χ0v) is 25.2. The van der Waals surface area contributed by atoms with Crippen molar-refractivity contribution in [1.82, 2.24) is 19.6 Å². The Morgan fingerprint density at radius 2 is 1.82 bits per heavy atom. The van der Waals surface area contributed by atoms with Crippen LogP contribution in [0.3, 0.4) is 0 Å². The van der Waals surface area contributed by atoms with Gasteiger partial charge in [-0.25, -0.2) is 4.79 Å². The van der Waals surface area contributed by atoms with Gasteiger partial charge >= 0.3 is 6.09 Å². The van der Waals surface area contributed by atoms with Gasteiger partial charge in [0.1, 0.15) is 11.6 Å². The topological polar surface area (TPSA) is 70.9 Å². The van der Waals surface area contributed by atoms with Gasteiger partial charge in [0, 0.05) is 53.3 Å². The predicted molar refractivity (Wildman–Crippen MR) is 159 cm³/mol. The Labute approximate surface area is 245 Å². The summed E-state index contributed by atoms with van der Waals surface area (Å²) in [6.07, 6.45) is 2.93. The number of nitrogens with zero attached hydrogens (tertiary/aromatic N) is 5. The van der Waals surface area contributed by atoms with Crippen molar-refractivity contribution >= 4 is 51.8 Å². The molecule has 8 nitrogen and oxygen atoms in total. The number of carbonyl (C=O) groups excluding carboxylic acids is 2. The largest absolute Gasteiger partial charge is 0.444 e. The molecule has 1 aromatic heterocycles. The Kier molecular flexibility index (Phi) is 7.94. The van der Waals surface area contributed by atoms with Crippen LogP contribution in [0.2, 0.25) is 10.0 Å². The average Bonchev–Trinajstić information content (AvgIpc) is 3.54. The van der Waals surface area contributed by atoms with Crippen LogP contribution >= 0.6 is 23.2 Å². The second kappa shape index (κ2) is 11.1. The number of amides is 2. The molecular weight excluding hydrogens is 549 g/mol. The SMILES string of the molecule is CC1CN(c2ccc3cnn([C@H](C)c4ccc(Cl)cc4Cl)c3c2)CCN1C(=O)C1CCCN1C(=O)OC(C)(C)C. The normalized spacial score (nSPS) is 20.7. The number of aromatic nitrogens is 2. The minimum Gasteiger partial charge on any atom is -0.444 e. The number of halogens is 2. The number of hydrogen-bond donors (Lipinski definition) is 0. The summed E-state index contributed by atoms with van der Waals surface area (Å²) in [5.41, 5.74) is 2.45. The standard InChI is InChI=1S/C30H37Cl2N5O3/c1-19-18-34(13-14-35(19)28(38)26-7-6-12-36(26)29(39)40-30(3,4)5)23-10-8-21-17-33-37(27(21)16-23)20(2)24-11-9-22(31)15-25(24)32/h8-11,15-17,19-20,26H,6-7,12-14,18H2,1-5H3/t19?,20-,26?/m1/s1. The molecule has 2 saturated heterocycles. The molecule has 2 aliphatic heterocycles. The summed E-state index contributed by atoms with van der Waals surface area (Å²) in [6.45, 7) is 12.2. The van der Waals surface area contributed by atoms with Gasteiger partial charge in [-0.15, -0.1) is 0 Å². The van der Waals surface area contributed by atoms with Crippen molar-refractivity contribution in [3.63, 3.8) is 0 Å². The highest BCUT2D eigenvalue weighted by molar-refractivity contribution is 6.35. The molecule has 3 atom stereocenters. The van der Waals surface area contributed by atoms with Crippen molar-refractivity contribution in [2.75, 3.05) is 31.1 Å². The first kappa shape index (κ1) is 28.6. The van der Waals surface area contributed by atoms with E-state index in [0.717, 1.165) is 28.6 Å². The molecule has 40 heavy (non-hydrogen) atoms. The fourth-order valence-electron chi connectivity index (χ4n) is 5.78. The third kappa shape index (κ3) is 5.75. The zero-order valence-electron chi connectivity index (χ0n) is 23.7. The average molecular weight is 587 g/mol. The Hall–Kier alpha value is -2.97. The molecule has 0 aliphatic carbocycles. The third-order valence-corrected chi connectivity index (χ3v) is 8.37. The maximum Gasteiger partial charge on any atom is 0.410 e. The molecule has 5 rings (SSSR count). The fraction of sp³-hybridized carbons (Fsp3) is 0.500. The van der Waals surface area contributed by atoms with Gasteiger partial charge in [-0.3, -0.25) is 14.4 Å². The van der Waals surface area contributed by atoms with Crippen molar-refractivity contribution in [3.05, 3.63) is 58.2 Å². The predicted octanol–water partition coefficient (Wildman–Crippen LogP) is 6.39. The summed E-state index contributed by atoms with van der Waals surface area (Å²) in [7, 11) is 0. The lowest BCUT2D eigenvalue weighted by Crippen LogP contribution is -2.58. The quantitative estimate of drug-likeness (QED) is 0.355. The number of fused-ring (bicyclic) bond motifs is 1. The van der Waals surface area contributed by atoms with Crippen LogP contribution in [-0.4, -0.2) is 75.4 Å². The van der Waals surface area contributed by atoms with E-state index < -0.39 is 17.7 Å². The molecule has 0 N–H and O–H groups in total. The lowest BCUT2D eigenvalue weighted by molar-refractivity contribution is -0.138. The summed E-state index contributed by atoms with van der Waals surface area (Å²) >= 11 is 12.6. The number of carbonyl (C=O) groups is 2. The molecule has 214 valence electrons. The molecular formula is C30H37Cl2N5O3. The van der Waals surface area contributed by atoms with Crippen LogP contribution in [0.1, 0.15) is 59.1 Å². The number of hydrogen-bond acceptors (Lipinski definition) is 5. The zero-order chi connectivity index (χ0) is 28.8. The molecule has 2 fully saturated rings. The Morgan fingerprint density at radius 3 is 2.52 bits per heavy atom. The molecule has 0 bridgehead atoms. The molecule has 2 amide bonds. The van der Waals surface area contributed by atoms with E-state index in [0.29, 0.717) is 42.6 Å². The van der Waals surface area contributed by atoms with Crippen molar-refractivity contribution in [2.45, 2.75) is 71.2 Å². The second-order valence-corrected chi connectivity index (χ2v) is 12.7. The van der Waals surface area contributed by atoms with E-state index in [1.165, 1.54) is 0 Å². The number of anilines is 1. The van der Waals surface area contributed by atoms with Crippen LogP contribution in [-0.2, 0) is 9.53 Å². The van der Waals surface area contributed by atoms with Gasteiger partial charge in [-0.05, 0) is 83.4 Å². The third-order valence-electron chi connectivity index (χ3n) is 7.80. The van der Waals surface area contributed by atoms with Crippen LogP contribution in [0.25, 0.3) is 10.9 Å². The summed E-state index contributed by atoms with van der Waals surface area (Å²) in [6, 6.07) is 11.4. The molecule has 2 aliphatic rings. The number of rotatable bonds is 4. The first-order valence-electron chi connectivity index (χ1n) is 13.9. The number of benzene rings is 2. The smallest absolute Gasteiger partial charge is 0.410 e. The summed E-state index contributed by atoms with van der Waals surface area (Å²) in [5.74, 6) is 0.0118. The highest BCUT2D eigenvalue weighted by Gasteiger charge is 2.40. The Balaban J connectivity index is 1.30. The van der Waals surface area contributed by atoms with Crippen molar-refractivity contribution in [3.8, 4) is 0 Å². The van der Waals surface area contributed by atoms with Crippen LogP contribution < -0.4 is 4.90 Å². The summed E-state index contributed by atoms with van der Waals surface area (Å²) in [4.78, 5) is 32.2. The Bertz CT molecular complexity index is 1420. The van der Waals surface area contributed by atoms with E-state index in [1.807, 2.05) is 48.7 Å². The number of piperazine rings is 1. The molecule has 2 aromatic carbocycles. The van der Waals surface area contributed by atoms with Crippen molar-refractivity contribution in [2.24, 2.45) is 0 Å². The number of likely N-dealkylation sites (tertiary alicyclic amines) is 1. The molecule has 0 saturated carbocycles. The minimum absolute atomic E-state index is 0.00487. The van der Waals surface area contributed by atoms with Gasteiger partial charge in [0.05, 0.1) is 17.8 Å². The van der Waals surface area contributed by atoms with Crippen LogP contribution in [0.15, 0.2) is 42.6 Å². The number of ether oxygens (including phenoxy) is 1. The molecule has 0 radical (unpaired) electrons. The lowest BCUT2D eigenvalue weighted by atomic mass is 10.1. The van der Waals surface area contributed by atoms with Crippen LogP contribution in [0.4, 0.5) is 10.5 Å². The van der Waals surface area contributed by atoms with Gasteiger partial charge in [-0.2, -0.15) is 5.10 Å². The van der Waals surface area contributed by atoms with Crippen molar-refractivity contribution < 1.29 is 14.3 Å². The molecule has 3 heterocycles. The fourth-order valence-corrected chi connectivity index (χ4v) is 6.34. The van der Waals surface area contributed by atoms with E-state index in [-0.39, 0.29) is 18.0 Å². The molecule has 2 unspecified atom stereocenters. The first-order chi connectivity index (χ1) is 18.9. The maximum absolute atomic E-state index is 13.6. The van der Waals surface area contributed by atoms with Gasteiger partial charge < -0.3 is 14.5 Å². The van der Waals surface area contributed by atoms with Gasteiger partial charge in [0.15, 0.2) is 0 Å². The van der Waals surface area contributed by atoms with Gasteiger partial charge in [0.2, 0.25) is 5.91 Å². The molecule has 3 aromatic rings. The van der Waals surface area contributed by atoms with E-state index >= 15 is 0 Å². The second-order valence-electron chi connectivity index (χ2n) is 11.8. The first-order valence-corrected chi connectivity index (χ1v) is 14.7. The molecule has 10 heteroatoms. The van der Waals surface area contributed by atoms with E-state index in [1.54, 1.807) is 11.0 Å². The van der Waals surface area contributed by atoms with E-state index in [2.05, 4.69) is 42.0 Å². The van der Waals surface area contributed by atoms with Gasteiger partial charge in [0.25, 0.3) is 0 Å².